The van der Waals surface area contributed by atoms with Crippen molar-refractivity contribution in [2.75, 3.05) is 11.9 Å². The van der Waals surface area contributed by atoms with Gasteiger partial charge in [-0.3, -0.25) is 9.59 Å². The summed E-state index contributed by atoms with van der Waals surface area (Å²) < 4.78 is 5.08. The van der Waals surface area contributed by atoms with Gasteiger partial charge in [0.25, 0.3) is 0 Å². The molecule has 0 radical (unpaired) electrons. The van der Waals surface area contributed by atoms with Crippen molar-refractivity contribution in [3.8, 4) is 6.07 Å². The topological polar surface area (TPSA) is 96.3 Å². The standard InChI is InChI=1S/C22H22N2O4/c1-3-15(2)16-4-6-17(7-5-16)20(25)14-28-22(27)18-8-10-19(11-9-18)24-21(26)12-13-23/h4-11,15H,3,12,14H2,1-2H3,(H,24,26)/t15-/m1/s1. The molecule has 0 aliphatic rings. The van der Waals surface area contributed by atoms with E-state index < -0.39 is 11.9 Å². The average molecular weight is 378 g/mol. The summed E-state index contributed by atoms with van der Waals surface area (Å²) in [7, 11) is 0. The molecule has 0 aliphatic carbocycles. The average Bonchev–Trinajstić information content (AvgIpc) is 2.72. The minimum Gasteiger partial charge on any atom is -0.454 e. The Labute approximate surface area is 164 Å². The number of carbonyl (C=O) groups excluding carboxylic acids is 3. The Morgan fingerprint density at radius 3 is 2.21 bits per heavy atom. The van der Waals surface area contributed by atoms with Gasteiger partial charge in [0.1, 0.15) is 6.42 Å². The molecule has 0 unspecified atom stereocenters. The van der Waals surface area contributed by atoms with Crippen LogP contribution in [0.1, 0.15) is 58.9 Å². The second kappa shape index (κ2) is 10.0. The Balaban J connectivity index is 1.90. The number of rotatable bonds is 8. The molecule has 0 bridgehead atoms. The Bertz CT molecular complexity index is 880. The number of hydrogen-bond acceptors (Lipinski definition) is 5. The van der Waals surface area contributed by atoms with Crippen molar-refractivity contribution in [1.29, 1.82) is 5.26 Å². The quantitative estimate of drug-likeness (QED) is 0.551. The number of anilines is 1. The third-order valence-electron chi connectivity index (χ3n) is 4.39. The summed E-state index contributed by atoms with van der Waals surface area (Å²) in [6, 6.07) is 15.1. The highest BCUT2D eigenvalue weighted by Gasteiger charge is 2.13. The lowest BCUT2D eigenvalue weighted by Gasteiger charge is -2.10. The third-order valence-corrected chi connectivity index (χ3v) is 4.39. The van der Waals surface area contributed by atoms with Gasteiger partial charge in [-0.05, 0) is 42.2 Å². The lowest BCUT2D eigenvalue weighted by Crippen LogP contribution is -2.14. The number of ketones is 1. The van der Waals surface area contributed by atoms with Crippen LogP contribution < -0.4 is 5.32 Å². The number of nitrogens with zero attached hydrogens (tertiary/aromatic N) is 1. The molecule has 0 heterocycles. The third kappa shape index (κ3) is 5.78. The summed E-state index contributed by atoms with van der Waals surface area (Å²) in [6.07, 6.45) is 0.774. The van der Waals surface area contributed by atoms with Crippen LogP contribution in [0, 0.1) is 11.3 Å². The molecule has 0 saturated carbocycles. The fourth-order valence-corrected chi connectivity index (χ4v) is 2.50. The molecule has 6 heteroatoms. The number of amides is 1. The number of hydrogen-bond donors (Lipinski definition) is 1. The van der Waals surface area contributed by atoms with Gasteiger partial charge in [-0.1, -0.05) is 38.1 Å². The Kier molecular flexibility index (Phi) is 7.46. The summed E-state index contributed by atoms with van der Waals surface area (Å²) in [6.45, 7) is 3.89. The molecule has 6 nitrogen and oxygen atoms in total. The summed E-state index contributed by atoms with van der Waals surface area (Å²) in [5, 5.41) is 11.0. The van der Waals surface area contributed by atoms with Crippen molar-refractivity contribution in [3.05, 3.63) is 65.2 Å². The van der Waals surface area contributed by atoms with E-state index in [9.17, 15) is 14.4 Å². The Hall–Kier alpha value is -3.46. The summed E-state index contributed by atoms with van der Waals surface area (Å²) in [4.78, 5) is 35.7. The number of esters is 1. The Morgan fingerprint density at radius 2 is 1.64 bits per heavy atom. The van der Waals surface area contributed by atoms with Gasteiger partial charge in [0, 0.05) is 11.3 Å². The SMILES string of the molecule is CC[C@@H](C)c1ccc(C(=O)COC(=O)c2ccc(NC(=O)CC#N)cc2)cc1. The lowest BCUT2D eigenvalue weighted by molar-refractivity contribution is -0.115. The number of nitrogens with one attached hydrogen (secondary N) is 1. The van der Waals surface area contributed by atoms with E-state index in [1.165, 1.54) is 24.3 Å². The molecule has 2 aromatic carbocycles. The molecular formula is C22H22N2O4. The highest BCUT2D eigenvalue weighted by molar-refractivity contribution is 5.99. The number of carbonyl (C=O) groups is 3. The molecule has 0 aromatic heterocycles. The molecule has 0 spiro atoms. The van der Waals surface area contributed by atoms with Gasteiger partial charge < -0.3 is 10.1 Å². The van der Waals surface area contributed by atoms with Gasteiger partial charge >= 0.3 is 5.97 Å². The number of Topliss-reactive ketones (excluding diaryl/α,β-unsaturated/α-hetero) is 1. The second-order valence-electron chi connectivity index (χ2n) is 6.39. The maximum Gasteiger partial charge on any atom is 0.338 e. The highest BCUT2D eigenvalue weighted by Crippen LogP contribution is 2.19. The van der Waals surface area contributed by atoms with Crippen LogP contribution in [0.5, 0.6) is 0 Å². The van der Waals surface area contributed by atoms with Gasteiger partial charge in [-0.25, -0.2) is 4.79 Å². The van der Waals surface area contributed by atoms with E-state index in [0.29, 0.717) is 17.2 Å². The van der Waals surface area contributed by atoms with Crippen molar-refractivity contribution in [3.63, 3.8) is 0 Å². The fraction of sp³-hybridized carbons (Fsp3) is 0.273. The number of ether oxygens (including phenoxy) is 1. The van der Waals surface area contributed by atoms with Crippen LogP contribution in [0.2, 0.25) is 0 Å². The Morgan fingerprint density at radius 1 is 1.04 bits per heavy atom. The predicted molar refractivity (Wildman–Crippen MR) is 105 cm³/mol. The molecule has 1 atom stereocenters. The van der Waals surface area contributed by atoms with Crippen LogP contribution in [0.3, 0.4) is 0 Å². The van der Waals surface area contributed by atoms with E-state index >= 15 is 0 Å². The van der Waals surface area contributed by atoms with Crippen LogP contribution in [0.4, 0.5) is 5.69 Å². The first kappa shape index (κ1) is 20.8. The summed E-state index contributed by atoms with van der Waals surface area (Å²) in [5.41, 5.74) is 2.39. The van der Waals surface area contributed by atoms with Gasteiger partial charge in [-0.2, -0.15) is 5.26 Å². The van der Waals surface area contributed by atoms with E-state index in [1.807, 2.05) is 12.1 Å². The second-order valence-corrected chi connectivity index (χ2v) is 6.39. The van der Waals surface area contributed by atoms with Crippen molar-refractivity contribution >= 4 is 23.3 Å². The van der Waals surface area contributed by atoms with Crippen LogP contribution in [-0.2, 0) is 9.53 Å². The lowest BCUT2D eigenvalue weighted by atomic mass is 9.97. The van der Waals surface area contributed by atoms with Crippen molar-refractivity contribution < 1.29 is 19.1 Å². The van der Waals surface area contributed by atoms with E-state index in [4.69, 9.17) is 10.00 Å². The minimum absolute atomic E-state index is 0.246. The van der Waals surface area contributed by atoms with E-state index in [0.717, 1.165) is 12.0 Å². The zero-order chi connectivity index (χ0) is 20.5. The highest BCUT2D eigenvalue weighted by atomic mass is 16.5. The van der Waals surface area contributed by atoms with Gasteiger partial charge in [0.2, 0.25) is 5.91 Å². The maximum absolute atomic E-state index is 12.2. The zero-order valence-electron chi connectivity index (χ0n) is 15.9. The zero-order valence-corrected chi connectivity index (χ0v) is 15.9. The molecule has 144 valence electrons. The minimum atomic E-state index is -0.625. The molecule has 2 rings (SSSR count). The van der Waals surface area contributed by atoms with Crippen LogP contribution in [0.15, 0.2) is 48.5 Å². The molecule has 2 aromatic rings. The summed E-state index contributed by atoms with van der Waals surface area (Å²) in [5.74, 6) is -0.902. The number of benzene rings is 2. The smallest absolute Gasteiger partial charge is 0.338 e. The van der Waals surface area contributed by atoms with E-state index in [1.54, 1.807) is 18.2 Å². The van der Waals surface area contributed by atoms with Crippen LogP contribution in [-0.4, -0.2) is 24.3 Å². The van der Waals surface area contributed by atoms with Gasteiger partial charge in [-0.15, -0.1) is 0 Å². The summed E-state index contributed by atoms with van der Waals surface area (Å²) >= 11 is 0. The molecule has 1 N–H and O–H groups in total. The predicted octanol–water partition coefficient (Wildman–Crippen LogP) is 4.09. The van der Waals surface area contributed by atoms with Gasteiger partial charge in [0.15, 0.2) is 12.4 Å². The maximum atomic E-state index is 12.2. The number of nitriles is 1. The first-order valence-corrected chi connectivity index (χ1v) is 9.01. The molecule has 0 saturated heterocycles. The van der Waals surface area contributed by atoms with Crippen molar-refractivity contribution in [2.45, 2.75) is 32.6 Å². The first-order chi connectivity index (χ1) is 13.4. The normalized spacial score (nSPS) is 11.2. The van der Waals surface area contributed by atoms with Crippen LogP contribution in [0.25, 0.3) is 0 Å². The van der Waals surface area contributed by atoms with Crippen molar-refractivity contribution in [2.24, 2.45) is 0 Å². The fourth-order valence-electron chi connectivity index (χ4n) is 2.50. The van der Waals surface area contributed by atoms with E-state index in [-0.39, 0.29) is 24.4 Å². The van der Waals surface area contributed by atoms with Crippen LogP contribution >= 0.6 is 0 Å². The first-order valence-electron chi connectivity index (χ1n) is 9.01. The molecule has 0 aliphatic heterocycles. The van der Waals surface area contributed by atoms with E-state index in [2.05, 4.69) is 19.2 Å². The van der Waals surface area contributed by atoms with Crippen molar-refractivity contribution in [1.82, 2.24) is 0 Å². The molecule has 28 heavy (non-hydrogen) atoms. The largest absolute Gasteiger partial charge is 0.454 e. The van der Waals surface area contributed by atoms with Gasteiger partial charge in [0.05, 0.1) is 11.6 Å². The molecule has 1 amide bonds. The molecule has 0 fully saturated rings. The molecular weight excluding hydrogens is 356 g/mol. The monoisotopic (exact) mass is 378 g/mol.